The molecule has 0 saturated carbocycles. The van der Waals surface area contributed by atoms with E-state index in [1.165, 1.54) is 15.1 Å². The number of benzene rings is 1. The predicted molar refractivity (Wildman–Crippen MR) is 115 cm³/mol. The van der Waals surface area contributed by atoms with Gasteiger partial charge in [-0.2, -0.15) is 9.78 Å². The molecule has 3 rings (SSSR count). The average Bonchev–Trinajstić information content (AvgIpc) is 3.33. The van der Waals surface area contributed by atoms with Gasteiger partial charge in [-0.05, 0) is 56.1 Å². The van der Waals surface area contributed by atoms with Gasteiger partial charge in [-0.3, -0.25) is 4.79 Å². The number of quaternary nitrogens is 1. The van der Waals surface area contributed by atoms with Crippen LogP contribution in [0.25, 0.3) is 5.82 Å². The lowest BCUT2D eigenvalue weighted by atomic mass is 10.0. The van der Waals surface area contributed by atoms with Crippen LogP contribution in [0.5, 0.6) is 0 Å². The van der Waals surface area contributed by atoms with Crippen LogP contribution < -0.4 is 16.1 Å². The molecule has 4 N–H and O–H groups in total. The summed E-state index contributed by atoms with van der Waals surface area (Å²) in [5, 5.41) is 19.6. The number of nitrogens with two attached hydrogens (primary N) is 1. The molecule has 0 bridgehead atoms. The fourth-order valence-corrected chi connectivity index (χ4v) is 3.48. The Morgan fingerprint density at radius 2 is 1.90 bits per heavy atom. The third-order valence-corrected chi connectivity index (χ3v) is 5.19. The largest absolute Gasteiger partial charge is 0.378 e. The number of carbonyl (C=O) groups excluding carboxylic acids is 1. The van der Waals surface area contributed by atoms with Gasteiger partial charge in [-0.25, -0.2) is 10.1 Å². The van der Waals surface area contributed by atoms with Gasteiger partial charge in [0.25, 0.3) is 5.91 Å². The molecular formula is C20H28N9O2+. The molecule has 0 aliphatic rings. The van der Waals surface area contributed by atoms with Gasteiger partial charge in [-0.1, -0.05) is 22.9 Å². The fraction of sp³-hybridized carbons (Fsp3) is 0.400. The second-order valence-electron chi connectivity index (χ2n) is 7.42. The highest BCUT2D eigenvalue weighted by Gasteiger charge is 2.26. The number of hydrazone groups is 1. The number of nitrogens with zero attached hydrogens (tertiary/aromatic N) is 6. The molecule has 0 atom stereocenters. The molecule has 31 heavy (non-hydrogen) atoms. The second kappa shape index (κ2) is 9.47. The molecule has 0 radical (unpaired) electrons. The lowest BCUT2D eigenvalue weighted by Crippen LogP contribution is -3.10. The van der Waals surface area contributed by atoms with E-state index in [2.05, 4.69) is 61.8 Å². The third kappa shape index (κ3) is 4.77. The van der Waals surface area contributed by atoms with Crippen molar-refractivity contribution in [2.24, 2.45) is 5.10 Å². The van der Waals surface area contributed by atoms with Gasteiger partial charge in [0.2, 0.25) is 11.6 Å². The summed E-state index contributed by atoms with van der Waals surface area (Å²) in [5.74, 6) is -0.208. The summed E-state index contributed by atoms with van der Waals surface area (Å²) < 4.78 is 6.08. The highest BCUT2D eigenvalue weighted by Crippen LogP contribution is 2.16. The molecule has 1 aromatic carbocycles. The number of rotatable bonds is 8. The van der Waals surface area contributed by atoms with E-state index in [0.717, 1.165) is 29.8 Å². The monoisotopic (exact) mass is 426 g/mol. The van der Waals surface area contributed by atoms with Crippen molar-refractivity contribution in [3.05, 3.63) is 45.8 Å². The van der Waals surface area contributed by atoms with Crippen molar-refractivity contribution in [1.29, 1.82) is 0 Å². The maximum absolute atomic E-state index is 12.9. The Hall–Kier alpha value is -3.60. The van der Waals surface area contributed by atoms with Crippen molar-refractivity contribution < 1.29 is 14.3 Å². The van der Waals surface area contributed by atoms with E-state index in [0.29, 0.717) is 12.2 Å². The Morgan fingerprint density at radius 1 is 1.23 bits per heavy atom. The highest BCUT2D eigenvalue weighted by molar-refractivity contribution is 5.94. The van der Waals surface area contributed by atoms with Crippen LogP contribution in [0.3, 0.4) is 0 Å². The zero-order chi connectivity index (χ0) is 22.5. The lowest BCUT2D eigenvalue weighted by molar-refractivity contribution is -0.910. The summed E-state index contributed by atoms with van der Waals surface area (Å²) in [5.41, 5.74) is 13.4. The van der Waals surface area contributed by atoms with Crippen LogP contribution in [0.2, 0.25) is 0 Å². The Balaban J connectivity index is 1.88. The zero-order valence-electron chi connectivity index (χ0n) is 18.4. The minimum atomic E-state index is -0.471. The van der Waals surface area contributed by atoms with Crippen LogP contribution in [-0.4, -0.2) is 50.5 Å². The first-order valence-electron chi connectivity index (χ1n) is 10.1. The molecule has 164 valence electrons. The molecule has 11 nitrogen and oxygen atoms in total. The maximum atomic E-state index is 12.9. The molecule has 0 fully saturated rings. The molecule has 0 saturated heterocycles. The highest BCUT2D eigenvalue weighted by atomic mass is 16.6. The molecule has 0 spiro atoms. The van der Waals surface area contributed by atoms with Gasteiger partial charge in [0.1, 0.15) is 12.2 Å². The van der Waals surface area contributed by atoms with E-state index in [1.807, 2.05) is 20.8 Å². The third-order valence-electron chi connectivity index (χ3n) is 5.19. The summed E-state index contributed by atoms with van der Waals surface area (Å²) in [6, 6.07) is 4.15. The summed E-state index contributed by atoms with van der Waals surface area (Å²) in [7, 11) is 0. The normalized spacial score (nSPS) is 11.5. The number of aryl methyl sites for hydroxylation is 3. The van der Waals surface area contributed by atoms with Gasteiger partial charge in [-0.15, -0.1) is 5.10 Å². The van der Waals surface area contributed by atoms with E-state index < -0.39 is 5.91 Å². The van der Waals surface area contributed by atoms with Gasteiger partial charge in [0.05, 0.1) is 19.3 Å². The van der Waals surface area contributed by atoms with E-state index in [-0.39, 0.29) is 17.3 Å². The maximum Gasteiger partial charge on any atom is 0.294 e. The quantitative estimate of drug-likeness (QED) is 0.348. The summed E-state index contributed by atoms with van der Waals surface area (Å²) >= 11 is 0. The summed E-state index contributed by atoms with van der Waals surface area (Å²) in [6.45, 7) is 12.4. The topological polar surface area (TPSA) is 142 Å². The number of aromatic nitrogens is 5. The molecule has 0 aliphatic carbocycles. The second-order valence-corrected chi connectivity index (χ2v) is 7.42. The van der Waals surface area contributed by atoms with Crippen LogP contribution in [0.4, 0.5) is 5.82 Å². The van der Waals surface area contributed by atoms with Crippen molar-refractivity contribution in [1.82, 2.24) is 30.7 Å². The Kier molecular flexibility index (Phi) is 6.75. The molecule has 2 heterocycles. The number of nitrogen functional groups attached to an aromatic ring is 1. The van der Waals surface area contributed by atoms with Crippen LogP contribution >= 0.6 is 0 Å². The minimum absolute atomic E-state index is 0.0657. The number of anilines is 1. The number of nitrogens with one attached hydrogen (secondary N) is 2. The fourth-order valence-electron chi connectivity index (χ4n) is 3.48. The Bertz CT molecular complexity index is 1070. The molecule has 0 unspecified atom stereocenters. The van der Waals surface area contributed by atoms with Crippen molar-refractivity contribution in [2.75, 3.05) is 18.8 Å². The number of hydrogen-bond donors (Lipinski definition) is 3. The Labute approximate surface area is 180 Å². The predicted octanol–water partition coefficient (Wildman–Crippen LogP) is 0.346. The van der Waals surface area contributed by atoms with Crippen LogP contribution in [0.15, 0.2) is 21.9 Å². The number of hydrogen-bond acceptors (Lipinski definition) is 8. The van der Waals surface area contributed by atoms with Crippen LogP contribution in [0.1, 0.15) is 52.3 Å². The first kappa shape index (κ1) is 22.1. The first-order chi connectivity index (χ1) is 14.8. The first-order valence-corrected chi connectivity index (χ1v) is 10.1. The molecule has 11 heteroatoms. The van der Waals surface area contributed by atoms with E-state index in [9.17, 15) is 4.79 Å². The molecule has 0 aliphatic heterocycles. The van der Waals surface area contributed by atoms with E-state index in [4.69, 9.17) is 5.73 Å². The SMILES string of the molecule is CC[NH+](CC)Cc1c(C(=O)N/N=C\c2c(C)cc(C)cc2C)nnn1-c1nonc1N. The van der Waals surface area contributed by atoms with Crippen molar-refractivity contribution in [2.45, 2.75) is 41.2 Å². The van der Waals surface area contributed by atoms with Crippen molar-refractivity contribution >= 4 is 17.9 Å². The molecule has 2 aromatic heterocycles. The number of amides is 1. The molecular weight excluding hydrogens is 398 g/mol. The molecule has 3 aromatic rings. The van der Waals surface area contributed by atoms with E-state index >= 15 is 0 Å². The summed E-state index contributed by atoms with van der Waals surface area (Å²) in [4.78, 5) is 14.1. The van der Waals surface area contributed by atoms with Crippen LogP contribution in [0, 0.1) is 20.8 Å². The van der Waals surface area contributed by atoms with Gasteiger partial charge < -0.3 is 10.6 Å². The lowest BCUT2D eigenvalue weighted by Gasteiger charge is -2.15. The van der Waals surface area contributed by atoms with Crippen molar-refractivity contribution in [3.8, 4) is 5.82 Å². The van der Waals surface area contributed by atoms with Crippen molar-refractivity contribution in [3.63, 3.8) is 0 Å². The average molecular weight is 427 g/mol. The van der Waals surface area contributed by atoms with E-state index in [1.54, 1.807) is 6.21 Å². The van der Waals surface area contributed by atoms with Gasteiger partial charge in [0, 0.05) is 5.56 Å². The van der Waals surface area contributed by atoms with Gasteiger partial charge in [0.15, 0.2) is 5.69 Å². The molecule has 1 amide bonds. The summed E-state index contributed by atoms with van der Waals surface area (Å²) in [6.07, 6.45) is 1.64. The Morgan fingerprint density at radius 3 is 2.48 bits per heavy atom. The van der Waals surface area contributed by atoms with Crippen LogP contribution in [-0.2, 0) is 6.54 Å². The van der Waals surface area contributed by atoms with Gasteiger partial charge >= 0.3 is 0 Å². The smallest absolute Gasteiger partial charge is 0.294 e. The standard InChI is InChI=1S/C20H27N9O2/c1-6-28(7-2)11-16-17(23-27-29(16)19-18(21)25-31-26-19)20(30)24-22-10-15-13(4)8-12(3)9-14(15)5/h8-10H,6-7,11H2,1-5H3,(H2,21,25)(H,24,30)/p+1/b22-10-. The number of carbonyl (C=O) groups is 1. The minimum Gasteiger partial charge on any atom is -0.378 e. The zero-order valence-corrected chi connectivity index (χ0v) is 18.4.